The van der Waals surface area contributed by atoms with Gasteiger partial charge in [0.15, 0.2) is 0 Å². The smallest absolute Gasteiger partial charge is 0.251 e. The molecule has 7 heteroatoms. The topological polar surface area (TPSA) is 88.2 Å². The minimum atomic E-state index is -3.58. The highest BCUT2D eigenvalue weighted by Crippen LogP contribution is 2.10. The molecule has 0 aliphatic rings. The van der Waals surface area contributed by atoms with Crippen molar-refractivity contribution in [2.75, 3.05) is 13.1 Å². The maximum absolute atomic E-state index is 12.1. The molecule has 0 fully saturated rings. The number of benzene rings is 1. The van der Waals surface area contributed by atoms with Crippen LogP contribution in [0.2, 0.25) is 0 Å². The summed E-state index contributed by atoms with van der Waals surface area (Å²) in [6.45, 7) is 4.07. The lowest BCUT2D eigenvalue weighted by molar-refractivity contribution is 0.0954. The molecule has 0 unspecified atom stereocenters. The fraction of sp³-hybridized carbons (Fsp3) is 0.176. The zero-order valence-electron chi connectivity index (χ0n) is 13.1. The number of rotatable bonds is 8. The van der Waals surface area contributed by atoms with Crippen molar-refractivity contribution in [3.05, 3.63) is 72.6 Å². The highest BCUT2D eigenvalue weighted by Gasteiger charge is 2.13. The number of pyridine rings is 1. The Labute approximate surface area is 141 Å². The molecule has 0 aliphatic carbocycles. The Bertz CT molecular complexity index is 788. The first kappa shape index (κ1) is 17.8. The molecule has 0 saturated heterocycles. The Hall–Kier alpha value is -2.51. The van der Waals surface area contributed by atoms with Gasteiger partial charge in [0, 0.05) is 37.0 Å². The van der Waals surface area contributed by atoms with Crippen molar-refractivity contribution >= 4 is 15.9 Å². The molecular weight excluding hydrogens is 326 g/mol. The molecule has 1 heterocycles. The van der Waals surface area contributed by atoms with Crippen molar-refractivity contribution in [3.8, 4) is 0 Å². The zero-order chi connectivity index (χ0) is 17.4. The van der Waals surface area contributed by atoms with Gasteiger partial charge in [-0.2, -0.15) is 0 Å². The summed E-state index contributed by atoms with van der Waals surface area (Å²) in [5, 5.41) is 2.78. The van der Waals surface area contributed by atoms with Crippen LogP contribution in [0.5, 0.6) is 0 Å². The van der Waals surface area contributed by atoms with E-state index < -0.39 is 10.0 Å². The van der Waals surface area contributed by atoms with Crippen LogP contribution in [0.4, 0.5) is 0 Å². The van der Waals surface area contributed by atoms with Crippen LogP contribution in [-0.4, -0.2) is 32.4 Å². The van der Waals surface area contributed by atoms with Gasteiger partial charge in [-0.15, -0.1) is 6.58 Å². The molecule has 2 N–H and O–H groups in total. The molecule has 2 aromatic rings. The minimum Gasteiger partial charge on any atom is -0.352 e. The normalized spacial score (nSPS) is 11.0. The molecule has 1 aromatic carbocycles. The minimum absolute atomic E-state index is 0.106. The highest BCUT2D eigenvalue weighted by atomic mass is 32.2. The highest BCUT2D eigenvalue weighted by molar-refractivity contribution is 7.89. The molecule has 0 spiro atoms. The fourth-order valence-electron chi connectivity index (χ4n) is 1.99. The summed E-state index contributed by atoms with van der Waals surface area (Å²) in [4.78, 5) is 16.3. The Morgan fingerprint density at radius 3 is 2.54 bits per heavy atom. The van der Waals surface area contributed by atoms with Gasteiger partial charge in [-0.25, -0.2) is 13.1 Å². The second kappa shape index (κ2) is 8.37. The summed E-state index contributed by atoms with van der Waals surface area (Å²) in [6, 6.07) is 11.4. The first-order valence-corrected chi connectivity index (χ1v) is 8.90. The fourth-order valence-corrected chi connectivity index (χ4v) is 2.99. The van der Waals surface area contributed by atoms with Gasteiger partial charge in [-0.05, 0) is 36.4 Å². The molecule has 0 radical (unpaired) electrons. The molecular formula is C17H19N3O3S. The molecule has 1 amide bonds. The third-order valence-corrected chi connectivity index (χ3v) is 4.68. The SMILES string of the molecule is C=CCNS(=O)(=O)c1ccc(C(=O)NCCc2ccccn2)cc1. The molecule has 0 saturated carbocycles. The van der Waals surface area contributed by atoms with Crippen molar-refractivity contribution in [3.63, 3.8) is 0 Å². The molecule has 24 heavy (non-hydrogen) atoms. The zero-order valence-corrected chi connectivity index (χ0v) is 13.9. The van der Waals surface area contributed by atoms with Crippen molar-refractivity contribution < 1.29 is 13.2 Å². The average Bonchev–Trinajstić information content (AvgIpc) is 2.61. The molecule has 0 aliphatic heterocycles. The second-order valence-electron chi connectivity index (χ2n) is 4.99. The van der Waals surface area contributed by atoms with Crippen LogP contribution < -0.4 is 10.0 Å². The number of hydrogen-bond donors (Lipinski definition) is 2. The Morgan fingerprint density at radius 1 is 1.17 bits per heavy atom. The van der Waals surface area contributed by atoms with E-state index in [-0.39, 0.29) is 17.3 Å². The predicted molar refractivity (Wildman–Crippen MR) is 92.1 cm³/mol. The first-order valence-electron chi connectivity index (χ1n) is 7.41. The Kier molecular flexibility index (Phi) is 6.22. The Balaban J connectivity index is 1.92. The van der Waals surface area contributed by atoms with Gasteiger partial charge >= 0.3 is 0 Å². The molecule has 6 nitrogen and oxygen atoms in total. The van der Waals surface area contributed by atoms with Crippen LogP contribution in [0.25, 0.3) is 0 Å². The number of hydrogen-bond acceptors (Lipinski definition) is 4. The van der Waals surface area contributed by atoms with Crippen LogP contribution >= 0.6 is 0 Å². The summed E-state index contributed by atoms with van der Waals surface area (Å²) in [5.41, 5.74) is 1.30. The maximum atomic E-state index is 12.1. The van der Waals surface area contributed by atoms with Gasteiger partial charge < -0.3 is 5.32 Å². The number of carbonyl (C=O) groups excluding carboxylic acids is 1. The maximum Gasteiger partial charge on any atom is 0.251 e. The van der Waals surface area contributed by atoms with Gasteiger partial charge in [-0.1, -0.05) is 12.1 Å². The van der Waals surface area contributed by atoms with Crippen molar-refractivity contribution in [2.45, 2.75) is 11.3 Å². The van der Waals surface area contributed by atoms with E-state index in [9.17, 15) is 13.2 Å². The van der Waals surface area contributed by atoms with Crippen LogP contribution in [-0.2, 0) is 16.4 Å². The van der Waals surface area contributed by atoms with Crippen LogP contribution in [0.3, 0.4) is 0 Å². The summed E-state index contributed by atoms with van der Waals surface area (Å²) < 4.78 is 26.2. The number of aromatic nitrogens is 1. The number of nitrogens with one attached hydrogen (secondary N) is 2. The van der Waals surface area contributed by atoms with Gasteiger partial charge in [-0.3, -0.25) is 9.78 Å². The lowest BCUT2D eigenvalue weighted by Gasteiger charge is -2.07. The van der Waals surface area contributed by atoms with Crippen molar-refractivity contribution in [1.29, 1.82) is 0 Å². The van der Waals surface area contributed by atoms with E-state index in [1.165, 1.54) is 30.3 Å². The van der Waals surface area contributed by atoms with E-state index in [0.717, 1.165) is 5.69 Å². The van der Waals surface area contributed by atoms with Gasteiger partial charge in [0.25, 0.3) is 5.91 Å². The molecule has 0 bridgehead atoms. The van der Waals surface area contributed by atoms with E-state index in [2.05, 4.69) is 21.6 Å². The molecule has 2 rings (SSSR count). The van der Waals surface area contributed by atoms with Crippen molar-refractivity contribution in [2.24, 2.45) is 0 Å². The third kappa shape index (κ3) is 5.00. The van der Waals surface area contributed by atoms with Crippen LogP contribution in [0, 0.1) is 0 Å². The summed E-state index contributed by atoms with van der Waals surface area (Å²) in [7, 11) is -3.58. The average molecular weight is 345 g/mol. The number of carbonyl (C=O) groups is 1. The van der Waals surface area contributed by atoms with Crippen LogP contribution in [0.1, 0.15) is 16.1 Å². The van der Waals surface area contributed by atoms with Gasteiger partial charge in [0.1, 0.15) is 0 Å². The quantitative estimate of drug-likeness (QED) is 0.710. The number of amides is 1. The molecule has 1 aromatic heterocycles. The third-order valence-electron chi connectivity index (χ3n) is 3.24. The van der Waals surface area contributed by atoms with E-state index in [1.807, 2.05) is 18.2 Å². The number of sulfonamides is 1. The Morgan fingerprint density at radius 2 is 1.92 bits per heavy atom. The first-order chi connectivity index (χ1) is 11.5. The van der Waals surface area contributed by atoms with Crippen LogP contribution in [0.15, 0.2) is 66.2 Å². The lowest BCUT2D eigenvalue weighted by atomic mass is 10.2. The molecule has 0 atom stereocenters. The summed E-state index contributed by atoms with van der Waals surface area (Å²) in [5.74, 6) is -0.256. The van der Waals surface area contributed by atoms with E-state index in [0.29, 0.717) is 18.5 Å². The monoisotopic (exact) mass is 345 g/mol. The standard InChI is InChI=1S/C17H19N3O3S/c1-2-11-20-24(22,23)16-8-6-14(7-9-16)17(21)19-13-10-15-5-3-4-12-18-15/h2-9,12,20H,1,10-11,13H2,(H,19,21). The number of nitrogens with zero attached hydrogens (tertiary/aromatic N) is 1. The largest absolute Gasteiger partial charge is 0.352 e. The van der Waals surface area contributed by atoms with Crippen molar-refractivity contribution in [1.82, 2.24) is 15.0 Å². The van der Waals surface area contributed by atoms with E-state index in [4.69, 9.17) is 0 Å². The predicted octanol–water partition coefficient (Wildman–Crippen LogP) is 1.52. The summed E-state index contributed by atoms with van der Waals surface area (Å²) in [6.07, 6.45) is 3.79. The van der Waals surface area contributed by atoms with Gasteiger partial charge in [0.2, 0.25) is 10.0 Å². The lowest BCUT2D eigenvalue weighted by Crippen LogP contribution is -2.26. The summed E-state index contributed by atoms with van der Waals surface area (Å²) >= 11 is 0. The second-order valence-corrected chi connectivity index (χ2v) is 6.76. The molecule has 126 valence electrons. The van der Waals surface area contributed by atoms with Gasteiger partial charge in [0.05, 0.1) is 4.90 Å². The van der Waals surface area contributed by atoms with E-state index in [1.54, 1.807) is 6.20 Å². The van der Waals surface area contributed by atoms with E-state index >= 15 is 0 Å².